The van der Waals surface area contributed by atoms with Gasteiger partial charge in [-0.2, -0.15) is 5.10 Å². The van der Waals surface area contributed by atoms with Crippen LogP contribution in [0.1, 0.15) is 41.4 Å². The lowest BCUT2D eigenvalue weighted by atomic mass is 10.0. The maximum absolute atomic E-state index is 14.3. The molecule has 6 nitrogen and oxygen atoms in total. The van der Waals surface area contributed by atoms with Gasteiger partial charge < -0.3 is 10.2 Å². The van der Waals surface area contributed by atoms with Crippen molar-refractivity contribution in [1.82, 2.24) is 20.1 Å². The van der Waals surface area contributed by atoms with Crippen molar-refractivity contribution >= 4 is 11.6 Å². The molecule has 1 N–H and O–H groups in total. The first-order valence-corrected chi connectivity index (χ1v) is 10.4. The lowest BCUT2D eigenvalue weighted by Gasteiger charge is -2.35. The summed E-state index contributed by atoms with van der Waals surface area (Å²) in [7, 11) is 0. The van der Waals surface area contributed by atoms with Gasteiger partial charge in [0.1, 0.15) is 5.82 Å². The molecule has 30 heavy (non-hydrogen) atoms. The van der Waals surface area contributed by atoms with E-state index in [1.54, 1.807) is 23.1 Å². The molecular weight excluding hydrogens is 381 g/mol. The molecule has 2 aromatic heterocycles. The van der Waals surface area contributed by atoms with Gasteiger partial charge >= 0.3 is 0 Å². The van der Waals surface area contributed by atoms with Crippen molar-refractivity contribution in [3.8, 4) is 5.82 Å². The van der Waals surface area contributed by atoms with Crippen molar-refractivity contribution in [2.75, 3.05) is 18.0 Å². The molecule has 1 amide bonds. The van der Waals surface area contributed by atoms with Crippen LogP contribution in [0.3, 0.4) is 0 Å². The molecule has 1 aromatic carbocycles. The van der Waals surface area contributed by atoms with Gasteiger partial charge in [-0.05, 0) is 56.0 Å². The highest BCUT2D eigenvalue weighted by atomic mass is 19.1. The van der Waals surface area contributed by atoms with Crippen molar-refractivity contribution in [2.45, 2.75) is 39.2 Å². The number of rotatable bonds is 5. The number of anilines is 1. The first-order chi connectivity index (χ1) is 14.6. The number of pyridine rings is 1. The second-order valence-corrected chi connectivity index (χ2v) is 7.67. The average Bonchev–Trinajstić information content (AvgIpc) is 3.20. The molecule has 1 unspecified atom stereocenters. The van der Waals surface area contributed by atoms with Gasteiger partial charge in [-0.25, -0.2) is 14.1 Å². The molecule has 3 heterocycles. The van der Waals surface area contributed by atoms with E-state index < -0.39 is 0 Å². The van der Waals surface area contributed by atoms with Crippen molar-refractivity contribution in [2.24, 2.45) is 0 Å². The number of nitrogens with zero attached hydrogens (tertiary/aromatic N) is 4. The summed E-state index contributed by atoms with van der Waals surface area (Å²) in [6.07, 6.45) is 5.73. The number of aromatic nitrogens is 3. The van der Waals surface area contributed by atoms with E-state index in [4.69, 9.17) is 0 Å². The molecule has 7 heteroatoms. The Morgan fingerprint density at radius 3 is 2.93 bits per heavy atom. The van der Waals surface area contributed by atoms with Gasteiger partial charge in [-0.1, -0.05) is 19.1 Å². The van der Waals surface area contributed by atoms with Gasteiger partial charge in [0, 0.05) is 25.3 Å². The summed E-state index contributed by atoms with van der Waals surface area (Å²) >= 11 is 0. The van der Waals surface area contributed by atoms with Crippen LogP contribution in [-0.4, -0.2) is 39.8 Å². The zero-order chi connectivity index (χ0) is 21.1. The number of carbonyl (C=O) groups is 1. The summed E-state index contributed by atoms with van der Waals surface area (Å²) in [5.41, 5.74) is 3.00. The highest BCUT2D eigenvalue weighted by Gasteiger charge is 2.25. The molecule has 0 saturated carbocycles. The van der Waals surface area contributed by atoms with Gasteiger partial charge in [-0.3, -0.25) is 4.79 Å². The second kappa shape index (κ2) is 8.65. The number of halogens is 1. The molecule has 0 bridgehead atoms. The van der Waals surface area contributed by atoms with Crippen LogP contribution in [0.5, 0.6) is 0 Å². The van der Waals surface area contributed by atoms with Crippen molar-refractivity contribution in [3.63, 3.8) is 0 Å². The van der Waals surface area contributed by atoms with E-state index in [1.807, 2.05) is 43.0 Å². The first kappa shape index (κ1) is 20.1. The molecule has 0 spiro atoms. The average molecular weight is 407 g/mol. The highest BCUT2D eigenvalue weighted by molar-refractivity contribution is 5.95. The van der Waals surface area contributed by atoms with E-state index in [2.05, 4.69) is 15.4 Å². The normalized spacial score (nSPS) is 16.5. The number of nitrogens with one attached hydrogen (secondary N) is 1. The maximum atomic E-state index is 14.3. The van der Waals surface area contributed by atoms with Crippen LogP contribution in [0.15, 0.2) is 48.8 Å². The molecule has 1 saturated heterocycles. The van der Waals surface area contributed by atoms with E-state index in [0.717, 1.165) is 30.6 Å². The Hall–Kier alpha value is -3.22. The van der Waals surface area contributed by atoms with Crippen LogP contribution in [0.25, 0.3) is 5.82 Å². The lowest BCUT2D eigenvalue weighted by molar-refractivity contribution is 0.0932. The van der Waals surface area contributed by atoms with Crippen LogP contribution < -0.4 is 10.2 Å². The quantitative estimate of drug-likeness (QED) is 0.701. The first-order valence-electron chi connectivity index (χ1n) is 10.4. The third-order valence-corrected chi connectivity index (χ3v) is 5.51. The molecule has 3 aromatic rings. The van der Waals surface area contributed by atoms with E-state index in [9.17, 15) is 9.18 Å². The summed E-state index contributed by atoms with van der Waals surface area (Å²) < 4.78 is 16.0. The fourth-order valence-electron chi connectivity index (χ4n) is 4.02. The van der Waals surface area contributed by atoms with E-state index in [-0.39, 0.29) is 17.8 Å². The number of hydrogen-bond acceptors (Lipinski definition) is 4. The molecule has 156 valence electrons. The highest BCUT2D eigenvalue weighted by Crippen LogP contribution is 2.25. The third kappa shape index (κ3) is 4.06. The zero-order valence-electron chi connectivity index (χ0n) is 17.3. The third-order valence-electron chi connectivity index (χ3n) is 5.51. The molecule has 0 radical (unpaired) electrons. The van der Waals surface area contributed by atoms with Gasteiger partial charge in [0.05, 0.1) is 23.1 Å². The van der Waals surface area contributed by atoms with Crippen molar-refractivity contribution in [1.29, 1.82) is 0 Å². The minimum Gasteiger partial charge on any atom is -0.367 e. The van der Waals surface area contributed by atoms with E-state index >= 15 is 0 Å². The Labute approximate surface area is 175 Å². The summed E-state index contributed by atoms with van der Waals surface area (Å²) in [4.78, 5) is 19.4. The van der Waals surface area contributed by atoms with Gasteiger partial charge in [0.2, 0.25) is 0 Å². The number of benzene rings is 1. The molecule has 1 aliphatic heterocycles. The topological polar surface area (TPSA) is 63.1 Å². The molecule has 4 rings (SSSR count). The number of carbonyl (C=O) groups excluding carboxylic acids is 1. The molecule has 1 aliphatic rings. The molecular formula is C23H26FN5O. The summed E-state index contributed by atoms with van der Waals surface area (Å²) in [6, 6.07) is 10.7. The molecule has 0 aliphatic carbocycles. The fraction of sp³-hybridized carbons (Fsp3) is 0.348. The Balaban J connectivity index is 1.50. The Kier molecular flexibility index (Phi) is 5.79. The fourth-order valence-corrected chi connectivity index (χ4v) is 4.02. The van der Waals surface area contributed by atoms with Crippen molar-refractivity contribution < 1.29 is 9.18 Å². The van der Waals surface area contributed by atoms with E-state index in [1.165, 1.54) is 6.07 Å². The predicted octanol–water partition coefficient (Wildman–Crippen LogP) is 3.68. The van der Waals surface area contributed by atoms with Gasteiger partial charge in [0.15, 0.2) is 5.82 Å². The Morgan fingerprint density at radius 1 is 1.30 bits per heavy atom. The molecule has 1 atom stereocenters. The number of aryl methyl sites for hydroxylation is 1. The summed E-state index contributed by atoms with van der Waals surface area (Å²) in [5, 5.41) is 7.52. The Morgan fingerprint density at radius 2 is 2.17 bits per heavy atom. The summed E-state index contributed by atoms with van der Waals surface area (Å²) in [6.45, 7) is 5.32. The monoisotopic (exact) mass is 407 g/mol. The number of amides is 1. The van der Waals surface area contributed by atoms with Crippen molar-refractivity contribution in [3.05, 3.63) is 71.4 Å². The predicted molar refractivity (Wildman–Crippen MR) is 115 cm³/mol. The standard InChI is InChI=1S/C23H26FN5O/c1-3-20-18(14-26-29(20)22-8-4-5-11-25-22)23(30)27-17-7-6-12-28(15-17)21-13-16(2)9-10-19(21)24/h4-5,8-11,13-14,17H,3,6-7,12,15H2,1-2H3,(H,27,30). The largest absolute Gasteiger partial charge is 0.367 e. The van der Waals surface area contributed by atoms with Crippen LogP contribution in [0.2, 0.25) is 0 Å². The number of piperidine rings is 1. The van der Waals surface area contributed by atoms with E-state index in [0.29, 0.717) is 30.0 Å². The molecule has 1 fully saturated rings. The van der Waals surface area contributed by atoms with Crippen LogP contribution >= 0.6 is 0 Å². The Bertz CT molecular complexity index is 1030. The number of hydrogen-bond donors (Lipinski definition) is 1. The maximum Gasteiger partial charge on any atom is 0.255 e. The van der Waals surface area contributed by atoms with Crippen LogP contribution in [0.4, 0.5) is 10.1 Å². The lowest BCUT2D eigenvalue weighted by Crippen LogP contribution is -2.48. The van der Waals surface area contributed by atoms with Crippen LogP contribution in [-0.2, 0) is 6.42 Å². The second-order valence-electron chi connectivity index (χ2n) is 7.67. The summed E-state index contributed by atoms with van der Waals surface area (Å²) in [5.74, 6) is 0.315. The van der Waals surface area contributed by atoms with Gasteiger partial charge in [-0.15, -0.1) is 0 Å². The zero-order valence-corrected chi connectivity index (χ0v) is 17.3. The van der Waals surface area contributed by atoms with Crippen LogP contribution in [0, 0.1) is 12.7 Å². The minimum absolute atomic E-state index is 0.0472. The minimum atomic E-state index is -0.225. The SMILES string of the molecule is CCc1c(C(=O)NC2CCCN(c3cc(C)ccc3F)C2)cnn1-c1ccccn1. The van der Waals surface area contributed by atoms with Gasteiger partial charge in [0.25, 0.3) is 5.91 Å². The smallest absolute Gasteiger partial charge is 0.255 e.